The summed E-state index contributed by atoms with van der Waals surface area (Å²) in [5.41, 5.74) is 0. The Morgan fingerprint density at radius 2 is 2.06 bits per heavy atom. The maximum Gasteiger partial charge on any atom is 0.243 e. The zero-order chi connectivity index (χ0) is 13.6. The van der Waals surface area contributed by atoms with Crippen LogP contribution in [0.4, 0.5) is 0 Å². The molecule has 0 aliphatic rings. The van der Waals surface area contributed by atoms with Crippen LogP contribution in [-0.2, 0) is 14.8 Å². The first-order valence-corrected chi connectivity index (χ1v) is 8.17. The van der Waals surface area contributed by atoms with Crippen LogP contribution in [-0.4, -0.2) is 41.8 Å². The zero-order valence-corrected chi connectivity index (χ0v) is 12.8. The van der Waals surface area contributed by atoms with Gasteiger partial charge in [-0.2, -0.15) is 0 Å². The van der Waals surface area contributed by atoms with Crippen molar-refractivity contribution in [2.45, 2.75) is 4.90 Å². The van der Waals surface area contributed by atoms with Crippen molar-refractivity contribution in [2.24, 2.45) is 0 Å². The van der Waals surface area contributed by atoms with Crippen molar-refractivity contribution in [3.05, 3.63) is 14.7 Å². The summed E-state index contributed by atoms with van der Waals surface area (Å²) in [5, 5.41) is 3.02. The summed E-state index contributed by atoms with van der Waals surface area (Å²) in [6.45, 7) is 2.04. The Morgan fingerprint density at radius 3 is 2.61 bits per heavy atom. The fourth-order valence-electron chi connectivity index (χ4n) is 1.16. The average Bonchev–Trinajstić information content (AvgIpc) is 2.63. The molecule has 0 fully saturated rings. The summed E-state index contributed by atoms with van der Waals surface area (Å²) in [4.78, 5) is 0.0241. The second kappa shape index (κ2) is 7.64. The first-order valence-electron chi connectivity index (χ1n) is 5.11. The van der Waals surface area contributed by atoms with Crippen LogP contribution in [0.3, 0.4) is 0 Å². The summed E-state index contributed by atoms with van der Waals surface area (Å²) >= 11 is 12.5. The first-order chi connectivity index (χ1) is 8.47. The number of hydrogen-bond acceptors (Lipinski definition) is 5. The molecule has 5 nitrogen and oxygen atoms in total. The van der Waals surface area contributed by atoms with E-state index in [4.69, 9.17) is 27.9 Å². The van der Waals surface area contributed by atoms with Crippen molar-refractivity contribution in [1.29, 1.82) is 0 Å². The molecule has 1 heterocycles. The Hall–Kier alpha value is 0.110. The number of hydrogen-bond donors (Lipinski definition) is 2. The van der Waals surface area contributed by atoms with Gasteiger partial charge >= 0.3 is 0 Å². The third-order valence-corrected chi connectivity index (χ3v) is 5.21. The lowest BCUT2D eigenvalue weighted by atomic mass is 10.6. The number of methoxy groups -OCH3 is 1. The van der Waals surface area contributed by atoms with Gasteiger partial charge in [0.1, 0.15) is 9.23 Å². The quantitative estimate of drug-likeness (QED) is 0.709. The van der Waals surface area contributed by atoms with Crippen molar-refractivity contribution in [1.82, 2.24) is 10.0 Å². The third kappa shape index (κ3) is 5.00. The minimum atomic E-state index is -3.59. The minimum Gasteiger partial charge on any atom is -0.383 e. The Kier molecular flexibility index (Phi) is 6.86. The Balaban J connectivity index is 2.43. The van der Waals surface area contributed by atoms with E-state index in [0.717, 1.165) is 11.3 Å². The van der Waals surface area contributed by atoms with E-state index >= 15 is 0 Å². The summed E-state index contributed by atoms with van der Waals surface area (Å²) in [6, 6.07) is 1.34. The van der Waals surface area contributed by atoms with Crippen LogP contribution < -0.4 is 10.0 Å². The molecule has 0 saturated heterocycles. The molecule has 1 aromatic heterocycles. The molecule has 0 aliphatic carbocycles. The normalized spacial score (nSPS) is 11.9. The first kappa shape index (κ1) is 16.2. The van der Waals surface area contributed by atoms with E-state index in [2.05, 4.69) is 10.0 Å². The monoisotopic (exact) mass is 332 g/mol. The van der Waals surface area contributed by atoms with Crippen molar-refractivity contribution in [3.63, 3.8) is 0 Å². The number of nitrogens with one attached hydrogen (secondary N) is 2. The molecule has 0 radical (unpaired) electrons. The molecule has 2 N–H and O–H groups in total. The fraction of sp³-hybridized carbons (Fsp3) is 0.556. The van der Waals surface area contributed by atoms with Crippen molar-refractivity contribution >= 4 is 44.6 Å². The second-order valence-electron chi connectivity index (χ2n) is 3.33. The van der Waals surface area contributed by atoms with Gasteiger partial charge in [-0.3, -0.25) is 0 Å². The lowest BCUT2D eigenvalue weighted by molar-refractivity contribution is 0.199. The summed E-state index contributed by atoms with van der Waals surface area (Å²) in [7, 11) is -1.99. The number of rotatable bonds is 8. The van der Waals surface area contributed by atoms with Crippen molar-refractivity contribution in [2.75, 3.05) is 33.4 Å². The highest BCUT2D eigenvalue weighted by Gasteiger charge is 2.20. The molecule has 104 valence electrons. The van der Waals surface area contributed by atoms with Crippen LogP contribution in [0.5, 0.6) is 0 Å². The van der Waals surface area contributed by atoms with Gasteiger partial charge in [-0.1, -0.05) is 23.2 Å². The van der Waals surface area contributed by atoms with Gasteiger partial charge in [0.2, 0.25) is 10.0 Å². The van der Waals surface area contributed by atoms with Crippen LogP contribution in [0.1, 0.15) is 0 Å². The lowest BCUT2D eigenvalue weighted by Gasteiger charge is -2.06. The molecule has 1 rings (SSSR count). The highest BCUT2D eigenvalue weighted by molar-refractivity contribution is 7.89. The van der Waals surface area contributed by atoms with E-state index in [1.807, 2.05) is 0 Å². The highest BCUT2D eigenvalue weighted by atomic mass is 35.5. The summed E-state index contributed by atoms with van der Waals surface area (Å²) in [6.07, 6.45) is 0. The van der Waals surface area contributed by atoms with Crippen LogP contribution in [0.2, 0.25) is 8.67 Å². The van der Waals surface area contributed by atoms with Gasteiger partial charge in [0.15, 0.2) is 0 Å². The third-order valence-electron chi connectivity index (χ3n) is 1.99. The molecule has 0 aliphatic heterocycles. The van der Waals surface area contributed by atoms with E-state index < -0.39 is 10.0 Å². The molecule has 0 aromatic carbocycles. The topological polar surface area (TPSA) is 67.4 Å². The van der Waals surface area contributed by atoms with E-state index in [1.54, 1.807) is 7.11 Å². The molecule has 0 bridgehead atoms. The smallest absolute Gasteiger partial charge is 0.243 e. The lowest BCUT2D eigenvalue weighted by Crippen LogP contribution is -2.33. The standard InChI is InChI=1S/C9H14Cl2N2O3S2/c1-16-5-4-12-2-3-13-18(14,15)7-6-8(10)17-9(7)11/h6,12-13H,2-5H2,1H3. The molecule has 0 atom stereocenters. The number of ether oxygens (including phenoxy) is 1. The summed E-state index contributed by atoms with van der Waals surface area (Å²) < 4.78 is 31.5. The molecule has 1 aromatic rings. The van der Waals surface area contributed by atoms with Crippen molar-refractivity contribution < 1.29 is 13.2 Å². The highest BCUT2D eigenvalue weighted by Crippen LogP contribution is 2.33. The molecular weight excluding hydrogens is 319 g/mol. The Labute approximate surface area is 120 Å². The molecule has 0 unspecified atom stereocenters. The fourth-order valence-corrected chi connectivity index (χ4v) is 4.34. The van der Waals surface area contributed by atoms with Gasteiger partial charge in [-0.05, 0) is 6.07 Å². The van der Waals surface area contributed by atoms with Crippen LogP contribution in [0, 0.1) is 0 Å². The van der Waals surface area contributed by atoms with Gasteiger partial charge in [0.25, 0.3) is 0 Å². The van der Waals surface area contributed by atoms with E-state index in [9.17, 15) is 8.42 Å². The molecule has 0 amide bonds. The predicted molar refractivity (Wildman–Crippen MR) is 74.3 cm³/mol. The molecule has 18 heavy (non-hydrogen) atoms. The molecule has 9 heteroatoms. The largest absolute Gasteiger partial charge is 0.383 e. The van der Waals surface area contributed by atoms with Gasteiger partial charge in [-0.25, -0.2) is 13.1 Å². The van der Waals surface area contributed by atoms with Gasteiger partial charge < -0.3 is 10.1 Å². The SMILES string of the molecule is COCCNCCNS(=O)(=O)c1cc(Cl)sc1Cl. The Bertz CT molecular complexity index is 476. The average molecular weight is 333 g/mol. The maximum atomic E-state index is 11.9. The summed E-state index contributed by atoms with van der Waals surface area (Å²) in [5.74, 6) is 0. The molecule has 0 spiro atoms. The van der Waals surface area contributed by atoms with E-state index in [1.165, 1.54) is 6.07 Å². The van der Waals surface area contributed by atoms with Crippen LogP contribution in [0.15, 0.2) is 11.0 Å². The molecular formula is C9H14Cl2N2O3S2. The number of sulfonamides is 1. The molecule has 0 saturated carbocycles. The zero-order valence-electron chi connectivity index (χ0n) is 9.70. The van der Waals surface area contributed by atoms with Gasteiger partial charge in [0, 0.05) is 26.7 Å². The number of halogens is 2. The van der Waals surface area contributed by atoms with E-state index in [0.29, 0.717) is 24.0 Å². The van der Waals surface area contributed by atoms with Crippen LogP contribution in [0.25, 0.3) is 0 Å². The predicted octanol–water partition coefficient (Wildman–Crippen LogP) is 1.57. The minimum absolute atomic E-state index is 0.0241. The second-order valence-corrected chi connectivity index (χ2v) is 7.35. The van der Waals surface area contributed by atoms with Crippen LogP contribution >= 0.6 is 34.5 Å². The maximum absolute atomic E-state index is 11.9. The van der Waals surface area contributed by atoms with E-state index in [-0.39, 0.29) is 15.8 Å². The van der Waals surface area contributed by atoms with Gasteiger partial charge in [0.05, 0.1) is 10.9 Å². The number of thiophene rings is 1. The Morgan fingerprint density at radius 1 is 1.33 bits per heavy atom. The van der Waals surface area contributed by atoms with Crippen molar-refractivity contribution in [3.8, 4) is 0 Å². The van der Waals surface area contributed by atoms with Gasteiger partial charge in [-0.15, -0.1) is 11.3 Å².